The summed E-state index contributed by atoms with van der Waals surface area (Å²) in [4.78, 5) is 46.9. The Balaban J connectivity index is 4.86. The van der Waals surface area contributed by atoms with Crippen molar-refractivity contribution in [2.45, 2.75) is 44.9 Å². The molecule has 0 saturated heterocycles. The second-order valence-corrected chi connectivity index (χ2v) is 6.20. The molecule has 0 spiro atoms. The zero-order valence-electron chi connectivity index (χ0n) is 14.4. The van der Waals surface area contributed by atoms with Crippen LogP contribution in [0.25, 0.3) is 0 Å². The highest BCUT2D eigenvalue weighted by molar-refractivity contribution is 7.80. The summed E-state index contributed by atoms with van der Waals surface area (Å²) in [7, 11) is 0. The van der Waals surface area contributed by atoms with Gasteiger partial charge in [0.25, 0.3) is 0 Å². The fourth-order valence-corrected chi connectivity index (χ4v) is 1.98. The van der Waals surface area contributed by atoms with Crippen LogP contribution in [0.1, 0.15) is 20.8 Å². The van der Waals surface area contributed by atoms with Crippen molar-refractivity contribution >= 4 is 36.3 Å². The first-order chi connectivity index (χ1) is 11.5. The van der Waals surface area contributed by atoms with Gasteiger partial charge in [0, 0.05) is 5.75 Å². The van der Waals surface area contributed by atoms with Gasteiger partial charge in [0.1, 0.15) is 24.2 Å². The van der Waals surface area contributed by atoms with Gasteiger partial charge in [-0.15, -0.1) is 0 Å². The molecular weight excluding hydrogens is 352 g/mol. The van der Waals surface area contributed by atoms with E-state index < -0.39 is 54.5 Å². The van der Waals surface area contributed by atoms with Gasteiger partial charge in [-0.2, -0.15) is 12.6 Å². The van der Waals surface area contributed by atoms with E-state index in [1.165, 1.54) is 6.92 Å². The Morgan fingerprint density at radius 3 is 1.96 bits per heavy atom. The number of hydrogen-bond donors (Lipinski definition) is 7. The third kappa shape index (κ3) is 7.71. The van der Waals surface area contributed by atoms with Crippen molar-refractivity contribution in [2.24, 2.45) is 11.7 Å². The minimum absolute atomic E-state index is 0.106. The van der Waals surface area contributed by atoms with Crippen LogP contribution in [-0.4, -0.2) is 70.4 Å². The van der Waals surface area contributed by atoms with Crippen LogP contribution in [0.4, 0.5) is 0 Å². The average Bonchev–Trinajstić information content (AvgIpc) is 2.54. The van der Waals surface area contributed by atoms with E-state index in [-0.39, 0.29) is 11.7 Å². The number of amides is 3. The number of aliphatic hydroxyl groups excluding tert-OH is 1. The van der Waals surface area contributed by atoms with Crippen LogP contribution in [0.15, 0.2) is 0 Å². The van der Waals surface area contributed by atoms with E-state index in [0.29, 0.717) is 0 Å². The Morgan fingerprint density at radius 1 is 1.00 bits per heavy atom. The van der Waals surface area contributed by atoms with Crippen LogP contribution in [-0.2, 0) is 19.2 Å². The number of thiol groups is 1. The lowest BCUT2D eigenvalue weighted by atomic mass is 10.0. The molecular formula is C14H26N4O6S. The Hall–Kier alpha value is -1.85. The van der Waals surface area contributed by atoms with Crippen molar-refractivity contribution in [3.63, 3.8) is 0 Å². The molecule has 4 atom stereocenters. The average molecular weight is 378 g/mol. The summed E-state index contributed by atoms with van der Waals surface area (Å²) < 4.78 is 0. The Kier molecular flexibility index (Phi) is 10.1. The minimum atomic E-state index is -1.24. The molecule has 0 fully saturated rings. The molecule has 0 radical (unpaired) electrons. The molecule has 4 unspecified atom stereocenters. The molecule has 7 N–H and O–H groups in total. The second-order valence-electron chi connectivity index (χ2n) is 5.83. The summed E-state index contributed by atoms with van der Waals surface area (Å²) in [6, 6.07) is -4.35. The molecule has 0 bridgehead atoms. The standard InChI is InChI=1S/C14H26N4O6S/c1-6(2)10(18-12(21)8(15)4-19)13(22)16-7(3)11(20)17-9(5-25)14(23)24/h6-10,19,25H,4-5,15H2,1-3H3,(H,16,22)(H,17,20)(H,18,21)(H,23,24). The molecule has 0 aromatic heterocycles. The van der Waals surface area contributed by atoms with Gasteiger partial charge in [-0.1, -0.05) is 13.8 Å². The predicted octanol–water partition coefficient (Wildman–Crippen LogP) is -2.55. The van der Waals surface area contributed by atoms with Gasteiger partial charge >= 0.3 is 5.97 Å². The molecule has 0 saturated carbocycles. The number of carboxylic acids is 1. The number of hydrogen-bond acceptors (Lipinski definition) is 7. The molecule has 0 rings (SSSR count). The molecule has 0 aliphatic rings. The summed E-state index contributed by atoms with van der Waals surface area (Å²) in [6.07, 6.45) is 0. The highest BCUT2D eigenvalue weighted by Crippen LogP contribution is 2.03. The van der Waals surface area contributed by atoms with Crippen LogP contribution in [0.5, 0.6) is 0 Å². The fourth-order valence-electron chi connectivity index (χ4n) is 1.73. The van der Waals surface area contributed by atoms with Crippen LogP contribution in [0.2, 0.25) is 0 Å². The third-order valence-electron chi connectivity index (χ3n) is 3.33. The summed E-state index contributed by atoms with van der Waals surface area (Å²) in [5, 5.41) is 24.8. The van der Waals surface area contributed by atoms with Crippen LogP contribution in [0, 0.1) is 5.92 Å². The maximum atomic E-state index is 12.3. The smallest absolute Gasteiger partial charge is 0.327 e. The first-order valence-electron chi connectivity index (χ1n) is 7.66. The zero-order chi connectivity index (χ0) is 19.7. The van der Waals surface area contributed by atoms with Crippen molar-refractivity contribution < 1.29 is 29.4 Å². The first kappa shape index (κ1) is 23.1. The van der Waals surface area contributed by atoms with Crippen molar-refractivity contribution in [1.29, 1.82) is 0 Å². The van der Waals surface area contributed by atoms with E-state index in [9.17, 15) is 19.2 Å². The number of carbonyl (C=O) groups excluding carboxylic acids is 3. The highest BCUT2D eigenvalue weighted by atomic mass is 32.1. The summed E-state index contributed by atoms with van der Waals surface area (Å²) in [5.74, 6) is -3.69. The number of aliphatic hydroxyl groups is 1. The summed E-state index contributed by atoms with van der Waals surface area (Å²) in [6.45, 7) is 4.17. The van der Waals surface area contributed by atoms with Gasteiger partial charge in [0.2, 0.25) is 17.7 Å². The van der Waals surface area contributed by atoms with Crippen molar-refractivity contribution in [1.82, 2.24) is 16.0 Å². The SMILES string of the molecule is CC(NC(=O)C(NC(=O)C(N)CO)C(C)C)C(=O)NC(CS)C(=O)O. The maximum Gasteiger partial charge on any atom is 0.327 e. The Labute approximate surface area is 151 Å². The number of carboxylic acid groups (broad SMARTS) is 1. The lowest BCUT2D eigenvalue weighted by Gasteiger charge is -2.25. The molecule has 0 heterocycles. The minimum Gasteiger partial charge on any atom is -0.480 e. The van der Waals surface area contributed by atoms with E-state index in [4.69, 9.17) is 15.9 Å². The van der Waals surface area contributed by atoms with Gasteiger partial charge in [-0.05, 0) is 12.8 Å². The molecule has 25 heavy (non-hydrogen) atoms. The van der Waals surface area contributed by atoms with E-state index in [0.717, 1.165) is 0 Å². The summed E-state index contributed by atoms with van der Waals surface area (Å²) >= 11 is 3.83. The Morgan fingerprint density at radius 2 is 1.56 bits per heavy atom. The van der Waals surface area contributed by atoms with Crippen molar-refractivity contribution in [2.75, 3.05) is 12.4 Å². The number of nitrogens with one attached hydrogen (secondary N) is 3. The summed E-state index contributed by atoms with van der Waals surface area (Å²) in [5.41, 5.74) is 5.39. The van der Waals surface area contributed by atoms with E-state index in [1.54, 1.807) is 13.8 Å². The molecule has 11 heteroatoms. The monoisotopic (exact) mass is 378 g/mol. The van der Waals surface area contributed by atoms with E-state index in [1.807, 2.05) is 0 Å². The number of carbonyl (C=O) groups is 4. The van der Waals surface area contributed by atoms with Crippen LogP contribution < -0.4 is 21.7 Å². The van der Waals surface area contributed by atoms with Gasteiger partial charge in [-0.25, -0.2) is 4.79 Å². The normalized spacial score (nSPS) is 15.6. The van der Waals surface area contributed by atoms with Crippen molar-refractivity contribution in [3.8, 4) is 0 Å². The van der Waals surface area contributed by atoms with E-state index in [2.05, 4.69) is 28.6 Å². The molecule has 0 aromatic carbocycles. The number of nitrogens with two attached hydrogens (primary N) is 1. The van der Waals surface area contributed by atoms with E-state index >= 15 is 0 Å². The van der Waals surface area contributed by atoms with Crippen LogP contribution >= 0.6 is 12.6 Å². The zero-order valence-corrected chi connectivity index (χ0v) is 15.2. The lowest BCUT2D eigenvalue weighted by molar-refractivity contribution is -0.141. The number of rotatable bonds is 10. The van der Waals surface area contributed by atoms with Crippen LogP contribution in [0.3, 0.4) is 0 Å². The fraction of sp³-hybridized carbons (Fsp3) is 0.714. The third-order valence-corrected chi connectivity index (χ3v) is 3.69. The van der Waals surface area contributed by atoms with Gasteiger partial charge in [0.15, 0.2) is 0 Å². The van der Waals surface area contributed by atoms with Crippen molar-refractivity contribution in [3.05, 3.63) is 0 Å². The lowest BCUT2D eigenvalue weighted by Crippen LogP contribution is -2.58. The molecule has 3 amide bonds. The Bertz CT molecular complexity index is 502. The molecule has 0 aliphatic heterocycles. The van der Waals surface area contributed by atoms with Gasteiger partial charge < -0.3 is 31.9 Å². The topological polar surface area (TPSA) is 171 Å². The highest BCUT2D eigenvalue weighted by Gasteiger charge is 2.29. The maximum absolute atomic E-state index is 12.3. The van der Waals surface area contributed by atoms with Gasteiger partial charge in [0.05, 0.1) is 6.61 Å². The largest absolute Gasteiger partial charge is 0.480 e. The first-order valence-corrected chi connectivity index (χ1v) is 8.29. The number of aliphatic carboxylic acids is 1. The molecule has 0 aliphatic carbocycles. The van der Waals surface area contributed by atoms with Gasteiger partial charge in [-0.3, -0.25) is 14.4 Å². The second kappa shape index (κ2) is 10.9. The molecule has 10 nitrogen and oxygen atoms in total. The quantitative estimate of drug-likeness (QED) is 0.205. The molecule has 0 aromatic rings. The predicted molar refractivity (Wildman–Crippen MR) is 92.9 cm³/mol. The molecule has 144 valence electrons.